The predicted octanol–water partition coefficient (Wildman–Crippen LogP) is 3.77. The van der Waals surface area contributed by atoms with Gasteiger partial charge >= 0.3 is 0 Å². The van der Waals surface area contributed by atoms with Crippen LogP contribution in [0.5, 0.6) is 5.75 Å². The molecule has 0 aliphatic heterocycles. The van der Waals surface area contributed by atoms with Crippen molar-refractivity contribution in [3.8, 4) is 5.75 Å². The summed E-state index contributed by atoms with van der Waals surface area (Å²) in [6.45, 7) is 6.26. The van der Waals surface area contributed by atoms with Crippen LogP contribution < -0.4 is 0 Å². The van der Waals surface area contributed by atoms with E-state index in [1.54, 1.807) is 6.07 Å². The van der Waals surface area contributed by atoms with E-state index in [9.17, 15) is 5.11 Å². The number of benzene rings is 1. The Labute approximate surface area is 86.1 Å². The van der Waals surface area contributed by atoms with E-state index in [0.717, 1.165) is 18.4 Å². The number of phenols is 1. The maximum Gasteiger partial charge on any atom is 0.118 e. The first kappa shape index (κ1) is 10.8. The Bertz CT molecular complexity index is 337. The van der Waals surface area contributed by atoms with E-state index >= 15 is 0 Å². The van der Waals surface area contributed by atoms with Crippen LogP contribution in [0, 0.1) is 0 Å². The zero-order valence-electron chi connectivity index (χ0n) is 9.17. The van der Waals surface area contributed by atoms with Gasteiger partial charge < -0.3 is 5.11 Å². The van der Waals surface area contributed by atoms with Crippen molar-refractivity contribution in [3.05, 3.63) is 35.4 Å². The summed E-state index contributed by atoms with van der Waals surface area (Å²) in [4.78, 5) is 0. The van der Waals surface area contributed by atoms with Crippen molar-refractivity contribution in [3.63, 3.8) is 0 Å². The summed E-state index contributed by atoms with van der Waals surface area (Å²) in [6, 6.07) is 5.84. The van der Waals surface area contributed by atoms with Crippen molar-refractivity contribution in [1.29, 1.82) is 0 Å². The quantitative estimate of drug-likeness (QED) is 0.769. The smallest absolute Gasteiger partial charge is 0.118 e. The second kappa shape index (κ2) is 4.85. The van der Waals surface area contributed by atoms with Gasteiger partial charge in [0.05, 0.1) is 0 Å². The fraction of sp³-hybridized carbons (Fsp3) is 0.385. The Morgan fingerprint density at radius 2 is 2.07 bits per heavy atom. The summed E-state index contributed by atoms with van der Waals surface area (Å²) in [7, 11) is 0. The van der Waals surface area contributed by atoms with Crippen molar-refractivity contribution in [2.75, 3.05) is 0 Å². The van der Waals surface area contributed by atoms with Crippen LogP contribution >= 0.6 is 0 Å². The predicted molar refractivity (Wildman–Crippen MR) is 61.4 cm³/mol. The van der Waals surface area contributed by atoms with Crippen LogP contribution in [-0.4, -0.2) is 5.11 Å². The highest BCUT2D eigenvalue weighted by Gasteiger charge is 2.02. The van der Waals surface area contributed by atoms with Crippen molar-refractivity contribution in [2.45, 2.75) is 33.6 Å². The van der Waals surface area contributed by atoms with E-state index in [4.69, 9.17) is 0 Å². The lowest BCUT2D eigenvalue weighted by Crippen LogP contribution is -1.87. The molecule has 1 aromatic rings. The van der Waals surface area contributed by atoms with Gasteiger partial charge in [0.25, 0.3) is 0 Å². The highest BCUT2D eigenvalue weighted by atomic mass is 16.3. The van der Waals surface area contributed by atoms with Gasteiger partial charge in [-0.15, -0.1) is 0 Å². The number of hydrogen-bond donors (Lipinski definition) is 1. The van der Waals surface area contributed by atoms with Gasteiger partial charge in [-0.3, -0.25) is 0 Å². The Balaban J connectivity index is 3.12. The molecule has 76 valence electrons. The summed E-state index contributed by atoms with van der Waals surface area (Å²) in [6.07, 6.45) is 4.04. The molecule has 0 atom stereocenters. The van der Waals surface area contributed by atoms with Crippen molar-refractivity contribution in [1.82, 2.24) is 0 Å². The molecule has 1 rings (SSSR count). The lowest BCUT2D eigenvalue weighted by molar-refractivity contribution is 0.469. The molecule has 0 saturated carbocycles. The van der Waals surface area contributed by atoms with Crippen LogP contribution in [0.1, 0.15) is 38.3 Å². The average molecular weight is 190 g/mol. The van der Waals surface area contributed by atoms with E-state index in [-0.39, 0.29) is 0 Å². The third-order valence-electron chi connectivity index (χ3n) is 2.56. The van der Waals surface area contributed by atoms with Crippen LogP contribution in [0.15, 0.2) is 24.3 Å². The second-order valence-electron chi connectivity index (χ2n) is 3.36. The number of hydrogen-bond acceptors (Lipinski definition) is 1. The van der Waals surface area contributed by atoms with Gasteiger partial charge in [0.1, 0.15) is 5.75 Å². The van der Waals surface area contributed by atoms with Crippen molar-refractivity contribution >= 4 is 5.57 Å². The van der Waals surface area contributed by atoms with Crippen molar-refractivity contribution in [2.24, 2.45) is 0 Å². The molecule has 0 spiro atoms. The SMILES string of the molecule is C/C=C(\CC)c1ccc(O)c(CC)c1. The van der Waals surface area contributed by atoms with Crippen LogP contribution in [0.3, 0.4) is 0 Å². The Morgan fingerprint density at radius 3 is 2.57 bits per heavy atom. The fourth-order valence-corrected chi connectivity index (χ4v) is 1.64. The van der Waals surface area contributed by atoms with Crippen molar-refractivity contribution < 1.29 is 5.11 Å². The summed E-state index contributed by atoms with van der Waals surface area (Å²) in [5.74, 6) is 0.405. The lowest BCUT2D eigenvalue weighted by Gasteiger charge is -2.07. The number of phenolic OH excluding ortho intramolecular Hbond substituents is 1. The minimum Gasteiger partial charge on any atom is -0.508 e. The van der Waals surface area contributed by atoms with Gasteiger partial charge in [-0.05, 0) is 48.6 Å². The first-order valence-electron chi connectivity index (χ1n) is 5.20. The van der Waals surface area contributed by atoms with Crippen LogP contribution in [-0.2, 0) is 6.42 Å². The zero-order chi connectivity index (χ0) is 10.6. The molecule has 14 heavy (non-hydrogen) atoms. The highest BCUT2D eigenvalue weighted by molar-refractivity contribution is 5.66. The molecule has 0 aromatic heterocycles. The van der Waals surface area contributed by atoms with Gasteiger partial charge in [0.15, 0.2) is 0 Å². The standard InChI is InChI=1S/C13H18O/c1-4-10(5-2)12-7-8-13(14)11(6-3)9-12/h4,7-9,14H,5-6H2,1-3H3/b10-4+. The Kier molecular flexibility index (Phi) is 3.75. The van der Waals surface area contributed by atoms with E-state index < -0.39 is 0 Å². The molecule has 0 aliphatic rings. The molecule has 1 nitrogen and oxygen atoms in total. The number of aryl methyl sites for hydroxylation is 1. The second-order valence-corrected chi connectivity index (χ2v) is 3.36. The van der Waals surface area contributed by atoms with Crippen LogP contribution in [0.4, 0.5) is 0 Å². The molecule has 1 heteroatoms. The molecule has 0 unspecified atom stereocenters. The molecule has 0 saturated heterocycles. The minimum atomic E-state index is 0.405. The van der Waals surface area contributed by atoms with Gasteiger partial charge in [-0.25, -0.2) is 0 Å². The first-order valence-corrected chi connectivity index (χ1v) is 5.20. The maximum absolute atomic E-state index is 9.54. The lowest BCUT2D eigenvalue weighted by atomic mass is 9.99. The zero-order valence-corrected chi connectivity index (χ0v) is 9.17. The molecule has 1 aromatic carbocycles. The molecule has 1 N–H and O–H groups in total. The van der Waals surface area contributed by atoms with Gasteiger partial charge in [0.2, 0.25) is 0 Å². The molecule has 0 bridgehead atoms. The van der Waals surface area contributed by atoms with E-state index in [2.05, 4.69) is 32.9 Å². The molecular formula is C13H18O. The van der Waals surface area contributed by atoms with E-state index in [0.29, 0.717) is 5.75 Å². The Morgan fingerprint density at radius 1 is 1.36 bits per heavy atom. The maximum atomic E-state index is 9.54. The van der Waals surface area contributed by atoms with Gasteiger partial charge in [0, 0.05) is 0 Å². The summed E-state index contributed by atoms with van der Waals surface area (Å²) >= 11 is 0. The molecule has 0 heterocycles. The monoisotopic (exact) mass is 190 g/mol. The van der Waals surface area contributed by atoms with E-state index in [1.807, 2.05) is 6.07 Å². The highest BCUT2D eigenvalue weighted by Crippen LogP contribution is 2.24. The fourth-order valence-electron chi connectivity index (χ4n) is 1.64. The third-order valence-corrected chi connectivity index (χ3v) is 2.56. The third kappa shape index (κ3) is 2.16. The molecule has 0 amide bonds. The average Bonchev–Trinajstić information content (AvgIpc) is 2.22. The minimum absolute atomic E-state index is 0.405. The van der Waals surface area contributed by atoms with E-state index in [1.165, 1.54) is 11.1 Å². The normalized spacial score (nSPS) is 11.8. The first-order chi connectivity index (χ1) is 6.72. The number of allylic oxidation sites excluding steroid dienone is 2. The summed E-state index contributed by atoms with van der Waals surface area (Å²) in [5.41, 5.74) is 3.58. The topological polar surface area (TPSA) is 20.2 Å². The summed E-state index contributed by atoms with van der Waals surface area (Å²) in [5, 5.41) is 9.54. The Hall–Kier alpha value is -1.24. The molecule has 0 aliphatic carbocycles. The summed E-state index contributed by atoms with van der Waals surface area (Å²) < 4.78 is 0. The number of rotatable bonds is 3. The molecular weight excluding hydrogens is 172 g/mol. The molecule has 0 radical (unpaired) electrons. The van der Waals surface area contributed by atoms with Gasteiger partial charge in [-0.2, -0.15) is 0 Å². The van der Waals surface area contributed by atoms with Gasteiger partial charge in [-0.1, -0.05) is 26.0 Å². The largest absolute Gasteiger partial charge is 0.508 e. The molecule has 0 fully saturated rings. The van der Waals surface area contributed by atoms with Crippen LogP contribution in [0.2, 0.25) is 0 Å². The number of aromatic hydroxyl groups is 1. The van der Waals surface area contributed by atoms with Crippen LogP contribution in [0.25, 0.3) is 5.57 Å².